The van der Waals surface area contributed by atoms with Gasteiger partial charge >= 0.3 is 0 Å². The number of hydrogen-bond donors (Lipinski definition) is 1. The van der Waals surface area contributed by atoms with E-state index in [1.807, 2.05) is 36.2 Å². The Morgan fingerprint density at radius 2 is 2.00 bits per heavy atom. The number of ether oxygens (including phenoxy) is 1. The minimum atomic E-state index is -1.15. The lowest BCUT2D eigenvalue weighted by atomic mass is 9.78. The number of nitrogens with one attached hydrogen (secondary N) is 1. The fourth-order valence-electron chi connectivity index (χ4n) is 6.55. The van der Waals surface area contributed by atoms with E-state index in [2.05, 4.69) is 60.7 Å². The van der Waals surface area contributed by atoms with Gasteiger partial charge in [-0.15, -0.1) is 18.5 Å². The number of furan rings is 1. The number of amides is 1. The van der Waals surface area contributed by atoms with Gasteiger partial charge in [-0.25, -0.2) is 5.01 Å². The largest absolute Gasteiger partial charge is 0.449 e. The molecule has 1 amide bonds. The maximum absolute atomic E-state index is 14.5. The van der Waals surface area contributed by atoms with Crippen molar-refractivity contribution in [2.24, 2.45) is 5.10 Å². The number of morpholine rings is 1. The van der Waals surface area contributed by atoms with Gasteiger partial charge in [-0.3, -0.25) is 9.69 Å². The molecular weight excluding hydrogens is 574 g/mol. The van der Waals surface area contributed by atoms with Crippen LogP contribution in [0.4, 0.5) is 5.69 Å². The van der Waals surface area contributed by atoms with Crippen LogP contribution in [-0.2, 0) is 9.53 Å². The average Bonchev–Trinajstić information content (AvgIpc) is 3.65. The van der Waals surface area contributed by atoms with E-state index in [4.69, 9.17) is 25.9 Å². The molecule has 0 spiro atoms. The highest BCUT2D eigenvalue weighted by molar-refractivity contribution is 7.29. The molecular formula is C31H37ClN4O3P2. The van der Waals surface area contributed by atoms with E-state index in [1.54, 1.807) is 6.07 Å². The van der Waals surface area contributed by atoms with Crippen molar-refractivity contribution in [1.29, 1.82) is 0 Å². The van der Waals surface area contributed by atoms with Crippen LogP contribution in [-0.4, -0.2) is 60.4 Å². The molecule has 6 atom stereocenters. The molecule has 2 aromatic carbocycles. The molecule has 0 saturated carbocycles. The maximum Gasteiger partial charge on any atom is 0.249 e. The molecule has 7 nitrogen and oxygen atoms in total. The van der Waals surface area contributed by atoms with Crippen LogP contribution in [0.5, 0.6) is 0 Å². The predicted octanol–water partition coefficient (Wildman–Crippen LogP) is 4.30. The Hall–Kier alpha value is -2.27. The molecule has 5 unspecified atom stereocenters. The summed E-state index contributed by atoms with van der Waals surface area (Å²) in [4.78, 5) is 17.0. The Morgan fingerprint density at radius 3 is 2.73 bits per heavy atom. The number of fused-ring (bicyclic) bond motifs is 1. The van der Waals surface area contributed by atoms with Gasteiger partial charge in [0.15, 0.2) is 10.8 Å². The number of rotatable bonds is 6. The first-order chi connectivity index (χ1) is 19.6. The van der Waals surface area contributed by atoms with Crippen LogP contribution in [0.25, 0.3) is 0 Å². The molecule has 6 rings (SSSR count). The zero-order chi connectivity index (χ0) is 28.9. The lowest BCUT2D eigenvalue weighted by molar-refractivity contribution is -0.127. The van der Waals surface area contributed by atoms with Crippen LogP contribution in [0.3, 0.4) is 0 Å². The van der Waals surface area contributed by atoms with Crippen molar-refractivity contribution in [3.63, 3.8) is 0 Å². The summed E-state index contributed by atoms with van der Waals surface area (Å²) >= 11 is 6.31. The number of nitrogens with zero attached hydrogens (tertiary/aromatic N) is 3. The van der Waals surface area contributed by atoms with E-state index in [1.165, 1.54) is 12.8 Å². The summed E-state index contributed by atoms with van der Waals surface area (Å²) in [5.74, 6) is -0.0821. The molecule has 0 bridgehead atoms. The molecule has 1 aromatic heterocycles. The number of hydrogen-bond acceptors (Lipinski definition) is 6. The fourth-order valence-corrected chi connectivity index (χ4v) is 7.60. The summed E-state index contributed by atoms with van der Waals surface area (Å²) < 4.78 is 12.2. The van der Waals surface area contributed by atoms with E-state index < -0.39 is 11.5 Å². The van der Waals surface area contributed by atoms with Gasteiger partial charge in [0.05, 0.1) is 30.0 Å². The predicted molar refractivity (Wildman–Crippen MR) is 172 cm³/mol. The molecule has 0 aliphatic carbocycles. The molecule has 3 aromatic rings. The van der Waals surface area contributed by atoms with Gasteiger partial charge in [-0.2, -0.15) is 5.10 Å². The van der Waals surface area contributed by atoms with Crippen molar-refractivity contribution < 1.29 is 13.9 Å². The van der Waals surface area contributed by atoms with E-state index in [0.717, 1.165) is 58.4 Å². The second-order valence-electron chi connectivity index (χ2n) is 11.6. The normalized spacial score (nSPS) is 26.2. The van der Waals surface area contributed by atoms with E-state index >= 15 is 0 Å². The smallest absolute Gasteiger partial charge is 0.249 e. The summed E-state index contributed by atoms with van der Waals surface area (Å²) in [7, 11) is 5.55. The average molecular weight is 611 g/mol. The third-order valence-corrected chi connectivity index (χ3v) is 9.75. The molecule has 10 heteroatoms. The minimum Gasteiger partial charge on any atom is -0.449 e. The lowest BCUT2D eigenvalue weighted by Crippen LogP contribution is -2.59. The molecule has 2 saturated heterocycles. The first-order valence-electron chi connectivity index (χ1n) is 14.2. The minimum absolute atomic E-state index is 0.0574. The van der Waals surface area contributed by atoms with E-state index in [0.29, 0.717) is 18.3 Å². The second kappa shape index (κ2) is 11.4. The van der Waals surface area contributed by atoms with Crippen molar-refractivity contribution in [3.05, 3.63) is 76.2 Å². The van der Waals surface area contributed by atoms with Crippen molar-refractivity contribution in [1.82, 2.24) is 10.2 Å². The van der Waals surface area contributed by atoms with Gasteiger partial charge in [0.1, 0.15) is 5.76 Å². The van der Waals surface area contributed by atoms with E-state index in [-0.39, 0.29) is 17.2 Å². The van der Waals surface area contributed by atoms with Crippen LogP contribution in [0.1, 0.15) is 48.1 Å². The number of carbonyl (C=O) groups excluding carboxylic acids is 1. The Kier molecular flexibility index (Phi) is 8.04. The zero-order valence-corrected chi connectivity index (χ0v) is 26.8. The number of benzene rings is 2. The van der Waals surface area contributed by atoms with Gasteiger partial charge in [0.25, 0.3) is 0 Å². The summed E-state index contributed by atoms with van der Waals surface area (Å²) in [6.07, 6.45) is 2.34. The Balaban J connectivity index is 1.42. The highest BCUT2D eigenvalue weighted by Gasteiger charge is 2.56. The van der Waals surface area contributed by atoms with Crippen molar-refractivity contribution in [2.75, 3.05) is 31.3 Å². The van der Waals surface area contributed by atoms with Crippen LogP contribution in [0.15, 0.2) is 58.0 Å². The van der Waals surface area contributed by atoms with Gasteiger partial charge in [0, 0.05) is 24.7 Å². The quantitative estimate of drug-likeness (QED) is 0.422. The molecule has 3 aliphatic rings. The first-order valence-corrected chi connectivity index (χ1v) is 15.7. The lowest BCUT2D eigenvalue weighted by Gasteiger charge is -2.39. The first kappa shape index (κ1) is 28.8. The summed E-state index contributed by atoms with van der Waals surface area (Å²) in [5, 5.41) is 12.7. The highest BCUT2D eigenvalue weighted by Crippen LogP contribution is 2.46. The number of hydrazone groups is 1. The number of anilines is 1. The summed E-state index contributed by atoms with van der Waals surface area (Å²) in [6, 6.07) is 16.5. The molecule has 4 heterocycles. The van der Waals surface area contributed by atoms with Crippen molar-refractivity contribution in [3.8, 4) is 0 Å². The molecule has 0 radical (unpaired) electrons. The topological polar surface area (TPSA) is 70.3 Å². The molecule has 2 fully saturated rings. The van der Waals surface area contributed by atoms with Gasteiger partial charge in [-0.1, -0.05) is 29.8 Å². The molecule has 1 N–H and O–H groups in total. The summed E-state index contributed by atoms with van der Waals surface area (Å²) in [6.45, 7) is 9.14. The SMILES string of the molecule is Cc1ccc(N2N=C(c3ccc(P)cc3P)C(c3ccc(Cl)o3)C2(C)C(=O)NCC2CN3CCC[C@@H]3CO2)c(C)c1. The standard InChI is InChI=1S/C31H37ClN4O3P2/c1-18-6-9-24(19(2)13-18)36-31(3,30(37)33-15-21-16-35-12-4-5-20(35)17-38-21)28(25-10-11-27(32)39-25)29(34-36)23-8-7-22(40)14-26(23)41/h6-11,13-14,20-21,28H,4-5,12,15-17,40-41H2,1-3H3,(H,33,37)/t20-,21?,28?,31?/m1/s1. The monoisotopic (exact) mass is 610 g/mol. The Morgan fingerprint density at radius 1 is 1.17 bits per heavy atom. The Labute approximate surface area is 251 Å². The fraction of sp³-hybridized carbons (Fsp3) is 0.419. The third-order valence-electron chi connectivity index (χ3n) is 8.71. The van der Waals surface area contributed by atoms with Gasteiger partial charge in [-0.05, 0) is 92.2 Å². The number of carbonyl (C=O) groups is 1. The van der Waals surface area contributed by atoms with Crippen molar-refractivity contribution >= 4 is 58.0 Å². The van der Waals surface area contributed by atoms with Crippen molar-refractivity contribution in [2.45, 2.75) is 57.2 Å². The van der Waals surface area contributed by atoms with Crippen LogP contribution in [0.2, 0.25) is 5.22 Å². The number of halogens is 1. The van der Waals surface area contributed by atoms with E-state index in [9.17, 15) is 4.79 Å². The third kappa shape index (κ3) is 5.37. The number of aryl methyl sites for hydroxylation is 2. The van der Waals surface area contributed by atoms with Crippen LogP contribution < -0.4 is 20.9 Å². The van der Waals surface area contributed by atoms with Crippen LogP contribution in [0, 0.1) is 13.8 Å². The van der Waals surface area contributed by atoms with Crippen LogP contribution >= 0.6 is 30.1 Å². The van der Waals surface area contributed by atoms with Gasteiger partial charge < -0.3 is 14.5 Å². The highest BCUT2D eigenvalue weighted by atomic mass is 35.5. The second-order valence-corrected chi connectivity index (χ2v) is 13.3. The van der Waals surface area contributed by atoms with Gasteiger partial charge in [0.2, 0.25) is 5.91 Å². The molecule has 216 valence electrons. The molecule has 3 aliphatic heterocycles. The summed E-state index contributed by atoms with van der Waals surface area (Å²) in [5.41, 5.74) is 3.57. The molecule has 41 heavy (non-hydrogen) atoms. The Bertz CT molecular complexity index is 1510. The zero-order valence-electron chi connectivity index (χ0n) is 23.7. The maximum atomic E-state index is 14.5.